The molecule has 0 atom stereocenters. The number of nitrogens with two attached hydrogens (primary N) is 1. The summed E-state index contributed by atoms with van der Waals surface area (Å²) in [7, 11) is 0. The Balaban J connectivity index is 1.45. The lowest BCUT2D eigenvalue weighted by Crippen LogP contribution is -2.37. The van der Waals surface area contributed by atoms with Crippen LogP contribution < -0.4 is 20.7 Å². The van der Waals surface area contributed by atoms with Gasteiger partial charge in [-0.05, 0) is 29.0 Å². The summed E-state index contributed by atoms with van der Waals surface area (Å²) in [6.07, 6.45) is 1.64. The molecule has 4 N–H and O–H groups in total. The Kier molecular flexibility index (Phi) is 7.86. The number of anilines is 2. The minimum absolute atomic E-state index is 0.218. The molecule has 0 aliphatic carbocycles. The molecule has 2 aromatic heterocycles. The van der Waals surface area contributed by atoms with Crippen molar-refractivity contribution >= 4 is 51.3 Å². The average Bonchev–Trinajstić information content (AvgIpc) is 3.40. The zero-order chi connectivity index (χ0) is 29.1. The first-order valence-electron chi connectivity index (χ1n) is 13.0. The number of ether oxygens (including phenoxy) is 2. The maximum atomic E-state index is 13.4. The second kappa shape index (κ2) is 11.5. The second-order valence-electron chi connectivity index (χ2n) is 10.4. The Labute approximate surface area is 240 Å². The van der Waals surface area contributed by atoms with Gasteiger partial charge in [0.25, 0.3) is 11.8 Å². The van der Waals surface area contributed by atoms with Crippen molar-refractivity contribution in [2.24, 2.45) is 10.9 Å². The van der Waals surface area contributed by atoms with Crippen LogP contribution in [0.1, 0.15) is 40.9 Å². The van der Waals surface area contributed by atoms with Gasteiger partial charge in [0.15, 0.2) is 5.71 Å². The Morgan fingerprint density at radius 2 is 1.85 bits per heavy atom. The summed E-state index contributed by atoms with van der Waals surface area (Å²) in [6, 6.07) is 14.0. The predicted octanol–water partition coefficient (Wildman–Crippen LogP) is 4.53. The van der Waals surface area contributed by atoms with Gasteiger partial charge in [0.05, 0.1) is 18.9 Å². The number of fused-ring (bicyclic) bond motifs is 1. The highest BCUT2D eigenvalue weighted by Crippen LogP contribution is 2.36. The van der Waals surface area contributed by atoms with E-state index in [1.54, 1.807) is 36.5 Å². The summed E-state index contributed by atoms with van der Waals surface area (Å²) in [5.41, 5.74) is 5.73. The normalized spacial score (nSPS) is 14.2. The van der Waals surface area contributed by atoms with Crippen molar-refractivity contribution in [3.8, 4) is 11.6 Å². The predicted molar refractivity (Wildman–Crippen MR) is 158 cm³/mol. The van der Waals surface area contributed by atoms with E-state index >= 15 is 0 Å². The zero-order valence-electron chi connectivity index (χ0n) is 22.9. The number of hydrogen-bond donors (Lipinski definition) is 3. The lowest BCUT2D eigenvalue weighted by Gasteiger charge is -2.26. The van der Waals surface area contributed by atoms with Crippen molar-refractivity contribution in [3.63, 3.8) is 0 Å². The third-order valence-corrected chi connectivity index (χ3v) is 8.10. The molecule has 1 aliphatic heterocycles. The molecule has 0 unspecified atom stereocenters. The van der Waals surface area contributed by atoms with Crippen LogP contribution in [-0.4, -0.2) is 59.0 Å². The van der Waals surface area contributed by atoms with Crippen LogP contribution in [0, 0.1) is 0 Å². The van der Waals surface area contributed by atoms with E-state index in [1.165, 1.54) is 11.3 Å². The Morgan fingerprint density at radius 1 is 1.12 bits per heavy atom. The van der Waals surface area contributed by atoms with E-state index < -0.39 is 11.8 Å². The molecule has 11 nitrogen and oxygen atoms in total. The first-order valence-corrected chi connectivity index (χ1v) is 13.8. The number of hydrogen-bond acceptors (Lipinski definition) is 10. The maximum Gasteiger partial charge on any atom is 0.278 e. The van der Waals surface area contributed by atoms with E-state index in [9.17, 15) is 14.8 Å². The summed E-state index contributed by atoms with van der Waals surface area (Å²) in [6.45, 7) is 8.59. The molecule has 1 aliphatic rings. The van der Waals surface area contributed by atoms with Crippen molar-refractivity contribution in [3.05, 3.63) is 70.0 Å². The quantitative estimate of drug-likeness (QED) is 0.165. The lowest BCUT2D eigenvalue weighted by molar-refractivity contribution is -0.110. The van der Waals surface area contributed by atoms with Gasteiger partial charge in [-0.25, -0.2) is 4.98 Å². The molecule has 212 valence electrons. The van der Waals surface area contributed by atoms with Crippen LogP contribution in [0.3, 0.4) is 0 Å². The highest BCUT2D eigenvalue weighted by Gasteiger charge is 2.26. The molecule has 4 aromatic rings. The number of primary amides is 1. The van der Waals surface area contributed by atoms with Crippen molar-refractivity contribution in [1.29, 1.82) is 0 Å². The van der Waals surface area contributed by atoms with Gasteiger partial charge in [0.1, 0.15) is 10.6 Å². The van der Waals surface area contributed by atoms with E-state index in [2.05, 4.69) is 20.4 Å². The molecule has 0 saturated carbocycles. The first kappa shape index (κ1) is 28.0. The van der Waals surface area contributed by atoms with Gasteiger partial charge in [-0.15, -0.1) is 11.3 Å². The van der Waals surface area contributed by atoms with Crippen LogP contribution in [0.4, 0.5) is 11.6 Å². The number of benzene rings is 2. The minimum Gasteiger partial charge on any atom is -0.438 e. The number of aromatic nitrogens is 2. The third kappa shape index (κ3) is 5.98. The zero-order valence-corrected chi connectivity index (χ0v) is 23.7. The van der Waals surface area contributed by atoms with E-state index in [4.69, 9.17) is 15.2 Å². The van der Waals surface area contributed by atoms with E-state index in [1.807, 2.05) is 43.9 Å². The number of morpholine rings is 1. The monoisotopic (exact) mass is 574 g/mol. The molecular formula is C29H30N6O5S. The Hall–Kier alpha value is -4.55. The fourth-order valence-corrected chi connectivity index (χ4v) is 5.45. The SMILES string of the molecule is CC(C)(C)c1cc(NC(=O)C(=NO)c2ccc(Oc3ccnc(N4CCOCC4)n3)c3ccccc23)c(C(N)=O)s1. The van der Waals surface area contributed by atoms with Gasteiger partial charge in [0.2, 0.25) is 11.8 Å². The molecule has 1 saturated heterocycles. The van der Waals surface area contributed by atoms with E-state index in [-0.39, 0.29) is 21.7 Å². The topological polar surface area (TPSA) is 152 Å². The molecule has 3 heterocycles. The lowest BCUT2D eigenvalue weighted by atomic mass is 9.94. The van der Waals surface area contributed by atoms with Gasteiger partial charge < -0.3 is 30.6 Å². The van der Waals surface area contributed by atoms with Crippen molar-refractivity contribution in [1.82, 2.24) is 9.97 Å². The molecule has 0 radical (unpaired) electrons. The average molecular weight is 575 g/mol. The summed E-state index contributed by atoms with van der Waals surface area (Å²) in [4.78, 5) is 37.5. The van der Waals surface area contributed by atoms with Crippen LogP contribution in [-0.2, 0) is 14.9 Å². The summed E-state index contributed by atoms with van der Waals surface area (Å²) in [5, 5.41) is 17.3. The number of carbonyl (C=O) groups is 2. The minimum atomic E-state index is -0.696. The standard InChI is InChI=1S/C29H30N6O5S/c1-29(2,3)22-16-20(25(41-22)26(30)36)32-27(37)24(34-38)19-8-9-21(18-7-5-4-6-17(18)19)40-23-10-11-31-28(33-23)35-12-14-39-15-13-35/h4-11,16,38H,12-15H2,1-3H3,(H2,30,36)(H,32,37). The van der Waals surface area contributed by atoms with E-state index in [0.717, 1.165) is 4.88 Å². The van der Waals surface area contributed by atoms with E-state index in [0.29, 0.717) is 60.2 Å². The van der Waals surface area contributed by atoms with Crippen LogP contribution in [0.2, 0.25) is 0 Å². The largest absolute Gasteiger partial charge is 0.438 e. The molecule has 5 rings (SSSR count). The summed E-state index contributed by atoms with van der Waals surface area (Å²) >= 11 is 1.22. The number of nitrogens with one attached hydrogen (secondary N) is 1. The Bertz CT molecular complexity index is 1640. The smallest absolute Gasteiger partial charge is 0.278 e. The molecule has 0 bridgehead atoms. The number of nitrogens with zero attached hydrogens (tertiary/aromatic N) is 4. The fourth-order valence-electron chi connectivity index (χ4n) is 4.42. The molecule has 41 heavy (non-hydrogen) atoms. The number of thiophene rings is 1. The van der Waals surface area contributed by atoms with Gasteiger partial charge in [-0.2, -0.15) is 4.98 Å². The second-order valence-corrected chi connectivity index (χ2v) is 11.5. The highest BCUT2D eigenvalue weighted by molar-refractivity contribution is 7.14. The van der Waals surface area contributed by atoms with Crippen LogP contribution in [0.25, 0.3) is 10.8 Å². The first-order chi connectivity index (χ1) is 19.7. The molecule has 0 spiro atoms. The molecule has 1 fully saturated rings. The van der Waals surface area contributed by atoms with Crippen molar-refractivity contribution in [2.75, 3.05) is 36.5 Å². The Morgan fingerprint density at radius 3 is 2.54 bits per heavy atom. The molecule has 2 aromatic carbocycles. The number of amides is 2. The van der Waals surface area contributed by atoms with Crippen LogP contribution in [0.5, 0.6) is 11.6 Å². The van der Waals surface area contributed by atoms with Crippen LogP contribution in [0.15, 0.2) is 59.9 Å². The molecule has 12 heteroatoms. The maximum absolute atomic E-state index is 13.4. The van der Waals surface area contributed by atoms with Gasteiger partial charge in [-0.1, -0.05) is 50.2 Å². The van der Waals surface area contributed by atoms with Crippen LogP contribution >= 0.6 is 11.3 Å². The number of carbonyl (C=O) groups excluding carboxylic acids is 2. The molecular weight excluding hydrogens is 544 g/mol. The van der Waals surface area contributed by atoms with Crippen molar-refractivity contribution in [2.45, 2.75) is 26.2 Å². The fraction of sp³-hybridized carbons (Fsp3) is 0.276. The molecule has 2 amide bonds. The van der Waals surface area contributed by atoms with Gasteiger partial charge in [0, 0.05) is 41.2 Å². The van der Waals surface area contributed by atoms with Gasteiger partial charge >= 0.3 is 0 Å². The van der Waals surface area contributed by atoms with Crippen molar-refractivity contribution < 1.29 is 24.3 Å². The number of rotatable bonds is 7. The third-order valence-electron chi connectivity index (χ3n) is 6.52. The summed E-state index contributed by atoms with van der Waals surface area (Å²) in [5.74, 6) is 0.0582. The summed E-state index contributed by atoms with van der Waals surface area (Å²) < 4.78 is 11.6. The highest BCUT2D eigenvalue weighted by atomic mass is 32.1. The van der Waals surface area contributed by atoms with Gasteiger partial charge in [-0.3, -0.25) is 9.59 Å². The number of oxime groups is 1.